The first-order chi connectivity index (χ1) is 6.65. The summed E-state index contributed by atoms with van der Waals surface area (Å²) in [7, 11) is 0. The molecular formula is C12H16N2. The Bertz CT molecular complexity index is 441. The van der Waals surface area contributed by atoms with Crippen molar-refractivity contribution in [3.05, 3.63) is 30.0 Å². The van der Waals surface area contributed by atoms with E-state index in [9.17, 15) is 0 Å². The molecule has 0 fully saturated rings. The fraction of sp³-hybridized carbons (Fsp3) is 0.333. The minimum absolute atomic E-state index is 0.479. The van der Waals surface area contributed by atoms with Gasteiger partial charge in [0.2, 0.25) is 0 Å². The van der Waals surface area contributed by atoms with Crippen LogP contribution < -0.4 is 5.32 Å². The number of nitrogens with one attached hydrogen (secondary N) is 2. The maximum Gasteiger partial charge on any atom is 0.0457 e. The van der Waals surface area contributed by atoms with Crippen LogP contribution in [0.2, 0.25) is 0 Å². The van der Waals surface area contributed by atoms with Crippen LogP contribution in [0.1, 0.15) is 19.5 Å². The molecule has 0 aliphatic carbocycles. The normalized spacial score (nSPS) is 11.1. The predicted molar refractivity (Wildman–Crippen MR) is 61.8 cm³/mol. The number of H-pyrrole nitrogens is 1. The first-order valence-electron chi connectivity index (χ1n) is 5.01. The molecule has 2 rings (SSSR count). The Morgan fingerprint density at radius 2 is 2.00 bits per heavy atom. The molecule has 1 aromatic heterocycles. The average molecular weight is 188 g/mol. The van der Waals surface area contributed by atoms with E-state index in [2.05, 4.69) is 55.3 Å². The smallest absolute Gasteiger partial charge is 0.0457 e. The van der Waals surface area contributed by atoms with E-state index in [0.717, 1.165) is 0 Å². The molecule has 2 nitrogen and oxygen atoms in total. The Morgan fingerprint density at radius 3 is 2.71 bits per heavy atom. The zero-order valence-electron chi connectivity index (χ0n) is 8.89. The second-order valence-electron chi connectivity index (χ2n) is 4.05. The molecule has 0 atom stereocenters. The molecule has 0 bridgehead atoms. The molecular weight excluding hydrogens is 172 g/mol. The molecule has 1 heterocycles. The van der Waals surface area contributed by atoms with Crippen LogP contribution in [0.5, 0.6) is 0 Å². The van der Waals surface area contributed by atoms with Crippen LogP contribution in [0.25, 0.3) is 10.9 Å². The summed E-state index contributed by atoms with van der Waals surface area (Å²) in [5.41, 5.74) is 3.60. The topological polar surface area (TPSA) is 27.8 Å². The molecule has 0 aliphatic heterocycles. The maximum absolute atomic E-state index is 3.39. The third kappa shape index (κ3) is 1.74. The van der Waals surface area contributed by atoms with Crippen LogP contribution in [0.3, 0.4) is 0 Å². The summed E-state index contributed by atoms with van der Waals surface area (Å²) in [5.74, 6) is 0. The van der Waals surface area contributed by atoms with Crippen molar-refractivity contribution in [3.63, 3.8) is 0 Å². The van der Waals surface area contributed by atoms with Gasteiger partial charge in [0.1, 0.15) is 0 Å². The third-order valence-corrected chi connectivity index (χ3v) is 2.21. The Labute approximate surface area is 84.3 Å². The highest BCUT2D eigenvalue weighted by Crippen LogP contribution is 2.20. The van der Waals surface area contributed by atoms with Crippen molar-refractivity contribution in [1.82, 2.24) is 4.98 Å². The number of anilines is 1. The van der Waals surface area contributed by atoms with Crippen molar-refractivity contribution in [1.29, 1.82) is 0 Å². The van der Waals surface area contributed by atoms with Crippen molar-refractivity contribution < 1.29 is 0 Å². The van der Waals surface area contributed by atoms with E-state index < -0.39 is 0 Å². The van der Waals surface area contributed by atoms with Crippen LogP contribution in [0.15, 0.2) is 24.3 Å². The van der Waals surface area contributed by atoms with E-state index in [0.29, 0.717) is 6.04 Å². The van der Waals surface area contributed by atoms with Gasteiger partial charge in [-0.1, -0.05) is 0 Å². The number of aromatic amines is 1. The van der Waals surface area contributed by atoms with Gasteiger partial charge >= 0.3 is 0 Å². The summed E-state index contributed by atoms with van der Waals surface area (Å²) in [6.07, 6.45) is 0. The van der Waals surface area contributed by atoms with E-state index in [-0.39, 0.29) is 0 Å². The molecule has 0 aliphatic rings. The Hall–Kier alpha value is -1.44. The monoisotopic (exact) mass is 188 g/mol. The first-order valence-corrected chi connectivity index (χ1v) is 5.01. The van der Waals surface area contributed by atoms with Crippen molar-refractivity contribution in [2.45, 2.75) is 26.8 Å². The number of aromatic nitrogens is 1. The minimum atomic E-state index is 0.479. The second kappa shape index (κ2) is 3.37. The molecule has 2 aromatic rings. The summed E-state index contributed by atoms with van der Waals surface area (Å²) in [5, 5.41) is 4.66. The second-order valence-corrected chi connectivity index (χ2v) is 4.05. The van der Waals surface area contributed by atoms with Gasteiger partial charge in [0.25, 0.3) is 0 Å². The fourth-order valence-electron chi connectivity index (χ4n) is 1.70. The van der Waals surface area contributed by atoms with Gasteiger partial charge in [-0.3, -0.25) is 0 Å². The molecule has 74 valence electrons. The summed E-state index contributed by atoms with van der Waals surface area (Å²) in [6, 6.07) is 9.05. The quantitative estimate of drug-likeness (QED) is 0.743. The lowest BCUT2D eigenvalue weighted by molar-refractivity contribution is 0.900. The number of aryl methyl sites for hydroxylation is 1. The lowest BCUT2D eigenvalue weighted by atomic mass is 10.2. The van der Waals surface area contributed by atoms with E-state index >= 15 is 0 Å². The van der Waals surface area contributed by atoms with Crippen molar-refractivity contribution in [2.24, 2.45) is 0 Å². The van der Waals surface area contributed by atoms with Gasteiger partial charge in [0, 0.05) is 28.3 Å². The lowest BCUT2D eigenvalue weighted by Gasteiger charge is -2.09. The predicted octanol–water partition coefficient (Wildman–Crippen LogP) is 3.30. The molecule has 2 N–H and O–H groups in total. The Morgan fingerprint density at radius 1 is 1.21 bits per heavy atom. The number of hydrogen-bond donors (Lipinski definition) is 2. The highest BCUT2D eigenvalue weighted by Gasteiger charge is 1.99. The van der Waals surface area contributed by atoms with Gasteiger partial charge in [0.15, 0.2) is 0 Å². The molecule has 1 aromatic carbocycles. The lowest BCUT2D eigenvalue weighted by Crippen LogP contribution is -2.09. The molecule has 0 saturated carbocycles. The standard InChI is InChI=1S/C12H16N2/c1-8(2)13-11-4-5-12-10(7-11)6-9(3)14-12/h4-8,13-14H,1-3H3. The molecule has 14 heavy (non-hydrogen) atoms. The van der Waals surface area contributed by atoms with Crippen molar-refractivity contribution in [3.8, 4) is 0 Å². The molecule has 0 spiro atoms. The zero-order valence-corrected chi connectivity index (χ0v) is 8.89. The van der Waals surface area contributed by atoms with E-state index in [1.54, 1.807) is 0 Å². The number of hydrogen-bond acceptors (Lipinski definition) is 1. The van der Waals surface area contributed by atoms with Crippen molar-refractivity contribution >= 4 is 16.6 Å². The summed E-state index contributed by atoms with van der Waals surface area (Å²) in [4.78, 5) is 3.31. The Kier molecular flexibility index (Phi) is 2.20. The highest BCUT2D eigenvalue weighted by molar-refractivity contribution is 5.83. The number of rotatable bonds is 2. The molecule has 0 amide bonds. The summed E-state index contributed by atoms with van der Waals surface area (Å²) in [6.45, 7) is 6.37. The van der Waals surface area contributed by atoms with Crippen molar-refractivity contribution in [2.75, 3.05) is 5.32 Å². The van der Waals surface area contributed by atoms with E-state index in [1.807, 2.05) is 0 Å². The van der Waals surface area contributed by atoms with Crippen LogP contribution in [0.4, 0.5) is 5.69 Å². The minimum Gasteiger partial charge on any atom is -0.383 e. The van der Waals surface area contributed by atoms with Crippen LogP contribution in [-0.4, -0.2) is 11.0 Å². The number of fused-ring (bicyclic) bond motifs is 1. The zero-order chi connectivity index (χ0) is 10.1. The summed E-state index contributed by atoms with van der Waals surface area (Å²) >= 11 is 0. The van der Waals surface area contributed by atoms with Gasteiger partial charge in [-0.05, 0) is 45.0 Å². The first kappa shape index (κ1) is 9.13. The molecule has 2 heteroatoms. The van der Waals surface area contributed by atoms with E-state index in [4.69, 9.17) is 0 Å². The van der Waals surface area contributed by atoms with Gasteiger partial charge < -0.3 is 10.3 Å². The molecule has 0 unspecified atom stereocenters. The van der Waals surface area contributed by atoms with Gasteiger partial charge in [-0.2, -0.15) is 0 Å². The maximum atomic E-state index is 3.39. The highest BCUT2D eigenvalue weighted by atomic mass is 14.9. The van der Waals surface area contributed by atoms with Gasteiger partial charge in [-0.15, -0.1) is 0 Å². The number of benzene rings is 1. The SMILES string of the molecule is Cc1cc2cc(NC(C)C)ccc2[nH]1. The summed E-state index contributed by atoms with van der Waals surface area (Å²) < 4.78 is 0. The van der Waals surface area contributed by atoms with E-state index in [1.165, 1.54) is 22.3 Å². The van der Waals surface area contributed by atoms with Gasteiger partial charge in [-0.25, -0.2) is 0 Å². The van der Waals surface area contributed by atoms with Crippen LogP contribution in [-0.2, 0) is 0 Å². The molecule has 0 saturated heterocycles. The van der Waals surface area contributed by atoms with Crippen LogP contribution in [0, 0.1) is 6.92 Å². The largest absolute Gasteiger partial charge is 0.383 e. The average Bonchev–Trinajstić information content (AvgIpc) is 2.42. The third-order valence-electron chi connectivity index (χ3n) is 2.21. The Balaban J connectivity index is 2.40. The van der Waals surface area contributed by atoms with Crippen LogP contribution >= 0.6 is 0 Å². The fourth-order valence-corrected chi connectivity index (χ4v) is 1.70. The van der Waals surface area contributed by atoms with Gasteiger partial charge in [0.05, 0.1) is 0 Å². The molecule has 0 radical (unpaired) electrons.